The monoisotopic (exact) mass is 557 g/mol. The van der Waals surface area contributed by atoms with E-state index in [9.17, 15) is 18.0 Å². The summed E-state index contributed by atoms with van der Waals surface area (Å²) in [6.07, 6.45) is 0. The molecule has 3 rings (SSSR count). The maximum atomic E-state index is 13.7. The first kappa shape index (κ1) is 26.4. The van der Waals surface area contributed by atoms with Crippen LogP contribution in [-0.4, -0.2) is 44.3 Å². The summed E-state index contributed by atoms with van der Waals surface area (Å²) < 4.78 is 29.0. The Labute approximate surface area is 214 Å². The van der Waals surface area contributed by atoms with Gasteiger partial charge in [0.1, 0.15) is 12.6 Å². The average Bonchev–Trinajstić information content (AvgIpc) is 2.86. The van der Waals surface area contributed by atoms with Gasteiger partial charge < -0.3 is 10.2 Å². The number of halogens is 1. The molecule has 35 heavy (non-hydrogen) atoms. The summed E-state index contributed by atoms with van der Waals surface area (Å²) in [6, 6.07) is 23.2. The zero-order chi connectivity index (χ0) is 25.4. The fraction of sp³-hybridized carbons (Fsp3) is 0.231. The van der Waals surface area contributed by atoms with Crippen molar-refractivity contribution in [3.05, 3.63) is 95.0 Å². The summed E-state index contributed by atoms with van der Waals surface area (Å²) >= 11 is 3.38. The highest BCUT2D eigenvalue weighted by Gasteiger charge is 2.32. The molecule has 0 radical (unpaired) electrons. The van der Waals surface area contributed by atoms with Crippen molar-refractivity contribution in [3.8, 4) is 0 Å². The third-order valence-corrected chi connectivity index (χ3v) is 7.70. The minimum atomic E-state index is -4.06. The molecule has 1 N–H and O–H groups in total. The van der Waals surface area contributed by atoms with E-state index in [1.165, 1.54) is 17.0 Å². The van der Waals surface area contributed by atoms with Crippen LogP contribution in [0, 0.1) is 0 Å². The number of nitrogens with zero attached hydrogens (tertiary/aromatic N) is 2. The standard InChI is InChI=1S/C26H28BrN3O4S/c1-3-28-26(32)20(2)29(18-21-11-6-4-7-12-21)25(31)19-30(23-14-10-13-22(27)17-23)35(33,34)24-15-8-5-9-16-24/h4-17,20H,3,18-19H2,1-2H3,(H,28,32). The van der Waals surface area contributed by atoms with E-state index < -0.39 is 28.5 Å². The molecule has 0 spiro atoms. The molecule has 0 bridgehead atoms. The Hall–Kier alpha value is -3.17. The molecule has 0 heterocycles. The van der Waals surface area contributed by atoms with Crippen molar-refractivity contribution >= 4 is 43.5 Å². The van der Waals surface area contributed by atoms with Gasteiger partial charge in [0.25, 0.3) is 10.0 Å². The number of sulfonamides is 1. The Morgan fingerprint density at radius 2 is 1.57 bits per heavy atom. The number of benzene rings is 3. The second kappa shape index (κ2) is 12.0. The highest BCUT2D eigenvalue weighted by Crippen LogP contribution is 2.27. The van der Waals surface area contributed by atoms with Gasteiger partial charge in [-0.15, -0.1) is 0 Å². The lowest BCUT2D eigenvalue weighted by atomic mass is 10.1. The number of likely N-dealkylation sites (N-methyl/N-ethyl adjacent to an activating group) is 1. The Morgan fingerprint density at radius 1 is 0.943 bits per heavy atom. The van der Waals surface area contributed by atoms with Crippen molar-refractivity contribution in [1.82, 2.24) is 10.2 Å². The predicted molar refractivity (Wildman–Crippen MR) is 140 cm³/mol. The van der Waals surface area contributed by atoms with Crippen LogP contribution in [0.4, 0.5) is 5.69 Å². The van der Waals surface area contributed by atoms with Gasteiger partial charge in [-0.2, -0.15) is 0 Å². The van der Waals surface area contributed by atoms with E-state index >= 15 is 0 Å². The maximum absolute atomic E-state index is 13.7. The first-order valence-corrected chi connectivity index (χ1v) is 13.4. The van der Waals surface area contributed by atoms with E-state index in [-0.39, 0.29) is 17.3 Å². The number of carbonyl (C=O) groups excluding carboxylic acids is 2. The van der Waals surface area contributed by atoms with Crippen molar-refractivity contribution in [2.45, 2.75) is 31.3 Å². The quantitative estimate of drug-likeness (QED) is 0.404. The highest BCUT2D eigenvalue weighted by molar-refractivity contribution is 9.10. The number of nitrogens with one attached hydrogen (secondary N) is 1. The zero-order valence-corrected chi connectivity index (χ0v) is 22.0. The van der Waals surface area contributed by atoms with Crippen LogP contribution in [0.25, 0.3) is 0 Å². The molecule has 0 saturated heterocycles. The van der Waals surface area contributed by atoms with Gasteiger partial charge in [0, 0.05) is 17.6 Å². The Morgan fingerprint density at radius 3 is 2.17 bits per heavy atom. The molecule has 184 valence electrons. The molecule has 0 aliphatic heterocycles. The minimum absolute atomic E-state index is 0.0687. The molecular weight excluding hydrogens is 530 g/mol. The van der Waals surface area contributed by atoms with Crippen LogP contribution in [0.5, 0.6) is 0 Å². The SMILES string of the molecule is CCNC(=O)C(C)N(Cc1ccccc1)C(=O)CN(c1cccc(Br)c1)S(=O)(=O)c1ccccc1. The van der Waals surface area contributed by atoms with Gasteiger partial charge in [0.05, 0.1) is 10.6 Å². The van der Waals surface area contributed by atoms with Gasteiger partial charge in [-0.25, -0.2) is 8.42 Å². The largest absolute Gasteiger partial charge is 0.355 e. The van der Waals surface area contributed by atoms with E-state index in [2.05, 4.69) is 21.2 Å². The average molecular weight is 558 g/mol. The van der Waals surface area contributed by atoms with Crippen LogP contribution in [0.1, 0.15) is 19.4 Å². The molecule has 1 atom stereocenters. The Kier molecular flexibility index (Phi) is 9.06. The van der Waals surface area contributed by atoms with Crippen LogP contribution < -0.4 is 9.62 Å². The summed E-state index contributed by atoms with van der Waals surface area (Å²) in [5.74, 6) is -0.802. The molecule has 7 nitrogen and oxygen atoms in total. The van der Waals surface area contributed by atoms with Gasteiger partial charge in [0.15, 0.2) is 0 Å². The molecule has 2 amide bonds. The summed E-state index contributed by atoms with van der Waals surface area (Å²) in [7, 11) is -4.06. The highest BCUT2D eigenvalue weighted by atomic mass is 79.9. The van der Waals surface area contributed by atoms with Crippen LogP contribution in [-0.2, 0) is 26.2 Å². The van der Waals surface area contributed by atoms with E-state index in [0.29, 0.717) is 16.7 Å². The zero-order valence-electron chi connectivity index (χ0n) is 19.6. The first-order valence-electron chi connectivity index (χ1n) is 11.2. The topological polar surface area (TPSA) is 86.8 Å². The second-order valence-electron chi connectivity index (χ2n) is 7.88. The third kappa shape index (κ3) is 6.70. The smallest absolute Gasteiger partial charge is 0.264 e. The molecule has 0 fully saturated rings. The van der Waals surface area contributed by atoms with Gasteiger partial charge >= 0.3 is 0 Å². The normalized spacial score (nSPS) is 12.0. The fourth-order valence-electron chi connectivity index (χ4n) is 3.56. The second-order valence-corrected chi connectivity index (χ2v) is 10.7. The van der Waals surface area contributed by atoms with Crippen molar-refractivity contribution in [1.29, 1.82) is 0 Å². The molecular formula is C26H28BrN3O4S. The molecule has 9 heteroatoms. The molecule has 0 aliphatic carbocycles. The molecule has 0 aliphatic rings. The van der Waals surface area contributed by atoms with E-state index in [1.807, 2.05) is 30.3 Å². The van der Waals surface area contributed by atoms with Crippen molar-refractivity contribution in [2.75, 3.05) is 17.4 Å². The lowest BCUT2D eigenvalue weighted by Crippen LogP contribution is -2.51. The lowest BCUT2D eigenvalue weighted by Gasteiger charge is -2.32. The number of anilines is 1. The molecule has 0 saturated carbocycles. The third-order valence-electron chi connectivity index (χ3n) is 5.42. The molecule has 3 aromatic rings. The van der Waals surface area contributed by atoms with Crippen LogP contribution >= 0.6 is 15.9 Å². The van der Waals surface area contributed by atoms with Gasteiger partial charge in [0.2, 0.25) is 11.8 Å². The Bertz CT molecular complexity index is 1250. The van der Waals surface area contributed by atoms with Gasteiger partial charge in [-0.1, -0.05) is 70.5 Å². The fourth-order valence-corrected chi connectivity index (χ4v) is 5.38. The van der Waals surface area contributed by atoms with Crippen molar-refractivity contribution in [3.63, 3.8) is 0 Å². The molecule has 0 aromatic heterocycles. The summed E-state index contributed by atoms with van der Waals surface area (Å²) in [6.45, 7) is 3.55. The number of hydrogen-bond acceptors (Lipinski definition) is 4. The molecule has 1 unspecified atom stereocenters. The van der Waals surface area contributed by atoms with Crippen LogP contribution in [0.3, 0.4) is 0 Å². The van der Waals surface area contributed by atoms with E-state index in [4.69, 9.17) is 0 Å². The molecule has 3 aromatic carbocycles. The minimum Gasteiger partial charge on any atom is -0.355 e. The van der Waals surface area contributed by atoms with Gasteiger partial charge in [-0.05, 0) is 49.7 Å². The maximum Gasteiger partial charge on any atom is 0.264 e. The first-order chi connectivity index (χ1) is 16.7. The predicted octanol–water partition coefficient (Wildman–Crippen LogP) is 4.20. The van der Waals surface area contributed by atoms with Crippen molar-refractivity contribution < 1.29 is 18.0 Å². The van der Waals surface area contributed by atoms with Crippen molar-refractivity contribution in [2.24, 2.45) is 0 Å². The number of hydrogen-bond donors (Lipinski definition) is 1. The summed E-state index contributed by atoms with van der Waals surface area (Å²) in [5.41, 5.74) is 1.17. The Balaban J connectivity index is 2.01. The number of rotatable bonds is 10. The van der Waals surface area contributed by atoms with Crippen LogP contribution in [0.2, 0.25) is 0 Å². The van der Waals surface area contributed by atoms with E-state index in [1.54, 1.807) is 56.3 Å². The number of amides is 2. The van der Waals surface area contributed by atoms with Crippen LogP contribution in [0.15, 0.2) is 94.3 Å². The van der Waals surface area contributed by atoms with Gasteiger partial charge in [-0.3, -0.25) is 13.9 Å². The number of carbonyl (C=O) groups is 2. The summed E-state index contributed by atoms with van der Waals surface area (Å²) in [5, 5.41) is 2.74. The lowest BCUT2D eigenvalue weighted by molar-refractivity contribution is -0.139. The van der Waals surface area contributed by atoms with E-state index in [0.717, 1.165) is 9.87 Å². The summed E-state index contributed by atoms with van der Waals surface area (Å²) in [4.78, 5) is 27.8.